The zero-order valence-corrected chi connectivity index (χ0v) is 13.2. The highest BCUT2D eigenvalue weighted by Crippen LogP contribution is 2.28. The number of nitrogens with one attached hydrogen (secondary N) is 1. The molecule has 0 fully saturated rings. The molecule has 0 bridgehead atoms. The van der Waals surface area contributed by atoms with E-state index in [-0.39, 0.29) is 6.54 Å². The van der Waals surface area contributed by atoms with Crippen LogP contribution in [-0.4, -0.2) is 38.9 Å². The van der Waals surface area contributed by atoms with Gasteiger partial charge < -0.3 is 5.32 Å². The first-order chi connectivity index (χ1) is 11.6. The normalized spacial score (nSPS) is 15.6. The van der Waals surface area contributed by atoms with Gasteiger partial charge in [0.25, 0.3) is 11.8 Å². The first-order valence-electron chi connectivity index (χ1n) is 7.86. The third-order valence-corrected chi connectivity index (χ3v) is 4.51. The molecule has 1 N–H and O–H groups in total. The molecule has 1 aliphatic carbocycles. The lowest BCUT2D eigenvalue weighted by atomic mass is 10.1. The van der Waals surface area contributed by atoms with Crippen molar-refractivity contribution in [2.45, 2.75) is 19.3 Å². The van der Waals surface area contributed by atoms with Crippen molar-refractivity contribution >= 4 is 23.5 Å². The molecule has 1 aromatic heterocycles. The third-order valence-electron chi connectivity index (χ3n) is 4.51. The molecule has 7 nitrogen and oxygen atoms in total. The van der Waals surface area contributed by atoms with Crippen LogP contribution in [0.15, 0.2) is 24.3 Å². The number of aryl methyl sites for hydroxylation is 2. The van der Waals surface area contributed by atoms with E-state index >= 15 is 0 Å². The smallest absolute Gasteiger partial charge is 0.262 e. The lowest BCUT2D eigenvalue weighted by Crippen LogP contribution is -2.37. The lowest BCUT2D eigenvalue weighted by Gasteiger charge is -2.14. The van der Waals surface area contributed by atoms with E-state index in [1.54, 1.807) is 36.0 Å². The number of hydrogen-bond donors (Lipinski definition) is 1. The molecule has 2 aliphatic rings. The van der Waals surface area contributed by atoms with Gasteiger partial charge in [-0.25, -0.2) is 0 Å². The van der Waals surface area contributed by atoms with Crippen LogP contribution in [0.2, 0.25) is 0 Å². The number of carbonyl (C=O) groups excluding carboxylic acids is 3. The molecule has 7 heteroatoms. The van der Waals surface area contributed by atoms with Crippen molar-refractivity contribution < 1.29 is 14.4 Å². The Hall–Kier alpha value is -2.96. The summed E-state index contributed by atoms with van der Waals surface area (Å²) in [4.78, 5) is 38.0. The fraction of sp³-hybridized carbons (Fsp3) is 0.294. The number of carbonyl (C=O) groups is 3. The molecule has 122 valence electrons. The molecule has 3 amide bonds. The molecular formula is C17H16N4O3. The lowest BCUT2D eigenvalue weighted by molar-refractivity contribution is -0.116. The van der Waals surface area contributed by atoms with Crippen molar-refractivity contribution in [2.24, 2.45) is 7.05 Å². The molecular weight excluding hydrogens is 308 g/mol. The number of nitrogens with zero attached hydrogens (tertiary/aromatic N) is 3. The van der Waals surface area contributed by atoms with Gasteiger partial charge in [-0.05, 0) is 31.4 Å². The Labute approximate surface area is 138 Å². The van der Waals surface area contributed by atoms with Crippen molar-refractivity contribution in [2.75, 3.05) is 11.9 Å². The highest BCUT2D eigenvalue weighted by Gasteiger charge is 2.36. The summed E-state index contributed by atoms with van der Waals surface area (Å²) in [6, 6.07) is 6.60. The maximum atomic E-state index is 12.4. The topological polar surface area (TPSA) is 84.3 Å². The van der Waals surface area contributed by atoms with Gasteiger partial charge in [0, 0.05) is 12.6 Å². The predicted molar refractivity (Wildman–Crippen MR) is 85.7 cm³/mol. The first kappa shape index (κ1) is 14.6. The molecule has 24 heavy (non-hydrogen) atoms. The van der Waals surface area contributed by atoms with Crippen LogP contribution in [0.3, 0.4) is 0 Å². The summed E-state index contributed by atoms with van der Waals surface area (Å²) in [6.07, 6.45) is 2.82. The number of hydrogen-bond acceptors (Lipinski definition) is 4. The Bertz CT molecular complexity index is 849. The summed E-state index contributed by atoms with van der Waals surface area (Å²) < 4.78 is 1.64. The number of benzene rings is 1. The first-order valence-corrected chi connectivity index (χ1v) is 7.86. The number of aromatic nitrogens is 2. The van der Waals surface area contributed by atoms with E-state index in [1.807, 2.05) is 0 Å². The standard InChI is InChI=1S/C17H16N4O3/c1-20-15(12-7-4-8-13(12)19-20)18-14(22)9-21-16(23)10-5-2-3-6-11(10)17(21)24/h2-3,5-6H,4,7-9H2,1H3,(H,18,22). The van der Waals surface area contributed by atoms with E-state index in [9.17, 15) is 14.4 Å². The summed E-state index contributed by atoms with van der Waals surface area (Å²) in [5, 5.41) is 7.19. The molecule has 4 rings (SSSR count). The fourth-order valence-electron chi connectivity index (χ4n) is 3.37. The Balaban J connectivity index is 1.52. The Kier molecular flexibility index (Phi) is 3.23. The van der Waals surface area contributed by atoms with Gasteiger partial charge in [0.15, 0.2) is 0 Å². The van der Waals surface area contributed by atoms with Crippen molar-refractivity contribution in [3.05, 3.63) is 46.6 Å². The fourth-order valence-corrected chi connectivity index (χ4v) is 3.37. The summed E-state index contributed by atoms with van der Waals surface area (Å²) in [5.41, 5.74) is 2.75. The van der Waals surface area contributed by atoms with Crippen molar-refractivity contribution in [1.82, 2.24) is 14.7 Å². The van der Waals surface area contributed by atoms with Gasteiger partial charge in [-0.1, -0.05) is 12.1 Å². The number of fused-ring (bicyclic) bond motifs is 2. The van der Waals surface area contributed by atoms with E-state index in [2.05, 4.69) is 10.4 Å². The maximum Gasteiger partial charge on any atom is 0.262 e. The quantitative estimate of drug-likeness (QED) is 0.858. The molecule has 0 unspecified atom stereocenters. The third kappa shape index (κ3) is 2.12. The maximum absolute atomic E-state index is 12.4. The number of imide groups is 1. The second-order valence-corrected chi connectivity index (χ2v) is 6.04. The van der Waals surface area contributed by atoms with E-state index in [4.69, 9.17) is 0 Å². The zero-order valence-electron chi connectivity index (χ0n) is 13.2. The van der Waals surface area contributed by atoms with Gasteiger partial charge in [0.1, 0.15) is 12.4 Å². The average molecular weight is 324 g/mol. The van der Waals surface area contributed by atoms with Gasteiger partial charge in [-0.2, -0.15) is 5.10 Å². The van der Waals surface area contributed by atoms with Crippen molar-refractivity contribution in [3.8, 4) is 0 Å². The largest absolute Gasteiger partial charge is 0.309 e. The summed E-state index contributed by atoms with van der Waals surface area (Å²) in [6.45, 7) is -0.299. The van der Waals surface area contributed by atoms with Crippen LogP contribution in [0.5, 0.6) is 0 Å². The predicted octanol–water partition coefficient (Wildman–Crippen LogP) is 1.14. The molecule has 0 spiro atoms. The minimum Gasteiger partial charge on any atom is -0.309 e. The summed E-state index contributed by atoms with van der Waals surface area (Å²) in [7, 11) is 1.77. The van der Waals surface area contributed by atoms with Crippen LogP contribution in [-0.2, 0) is 24.7 Å². The Morgan fingerprint density at radius 2 is 1.83 bits per heavy atom. The second kappa shape index (κ2) is 5.30. The van der Waals surface area contributed by atoms with E-state index < -0.39 is 17.7 Å². The minimum atomic E-state index is -0.430. The molecule has 0 radical (unpaired) electrons. The number of rotatable bonds is 3. The molecule has 2 heterocycles. The highest BCUT2D eigenvalue weighted by molar-refractivity contribution is 6.22. The van der Waals surface area contributed by atoms with Crippen LogP contribution in [0, 0.1) is 0 Å². The molecule has 1 aromatic carbocycles. The van der Waals surface area contributed by atoms with Crippen LogP contribution >= 0.6 is 0 Å². The second-order valence-electron chi connectivity index (χ2n) is 6.04. The highest BCUT2D eigenvalue weighted by atomic mass is 16.2. The number of amides is 3. The molecule has 0 saturated carbocycles. The molecule has 1 aliphatic heterocycles. The van der Waals surface area contributed by atoms with Crippen molar-refractivity contribution in [1.29, 1.82) is 0 Å². The van der Waals surface area contributed by atoms with Crippen LogP contribution in [0.25, 0.3) is 0 Å². The zero-order chi connectivity index (χ0) is 16.8. The monoisotopic (exact) mass is 324 g/mol. The minimum absolute atomic E-state index is 0.299. The van der Waals surface area contributed by atoms with E-state index in [1.165, 1.54) is 0 Å². The molecule has 0 saturated heterocycles. The van der Waals surface area contributed by atoms with Crippen molar-refractivity contribution in [3.63, 3.8) is 0 Å². The summed E-state index contributed by atoms with van der Waals surface area (Å²) >= 11 is 0. The van der Waals surface area contributed by atoms with Crippen LogP contribution in [0.1, 0.15) is 38.4 Å². The Morgan fingerprint density at radius 3 is 2.50 bits per heavy atom. The Morgan fingerprint density at radius 1 is 1.17 bits per heavy atom. The van der Waals surface area contributed by atoms with Gasteiger partial charge in [-0.15, -0.1) is 0 Å². The van der Waals surface area contributed by atoms with Gasteiger partial charge in [0.2, 0.25) is 5.91 Å². The van der Waals surface area contributed by atoms with E-state index in [0.29, 0.717) is 16.9 Å². The van der Waals surface area contributed by atoms with Crippen LogP contribution < -0.4 is 5.32 Å². The molecule has 2 aromatic rings. The van der Waals surface area contributed by atoms with Gasteiger partial charge in [0.05, 0.1) is 16.8 Å². The summed E-state index contributed by atoms with van der Waals surface area (Å²) in [5.74, 6) is -0.603. The number of anilines is 1. The van der Waals surface area contributed by atoms with Crippen LogP contribution in [0.4, 0.5) is 5.82 Å². The SMILES string of the molecule is Cn1nc2c(c1NC(=O)CN1C(=O)c3ccccc3C1=O)CCC2. The van der Waals surface area contributed by atoms with Gasteiger partial charge in [-0.3, -0.25) is 24.0 Å². The van der Waals surface area contributed by atoms with E-state index in [0.717, 1.165) is 35.4 Å². The van der Waals surface area contributed by atoms with Gasteiger partial charge >= 0.3 is 0 Å². The average Bonchev–Trinajstić information content (AvgIpc) is 3.20. The molecule has 0 atom stereocenters.